The Labute approximate surface area is 227 Å². The zero-order valence-electron chi connectivity index (χ0n) is 20.9. The van der Waals surface area contributed by atoms with Gasteiger partial charge in [0.2, 0.25) is 11.8 Å². The number of alkyl halides is 3. The molecule has 198 valence electrons. The number of imide groups is 1. The number of Topliss-reactive ketones (excluding diaryl/α,β-unsaturated/α-hetero) is 1. The second kappa shape index (κ2) is 8.64. The van der Waals surface area contributed by atoms with E-state index in [1.807, 2.05) is 53.5 Å². The zero-order valence-corrected chi connectivity index (χ0v) is 20.9. The Morgan fingerprint density at radius 1 is 0.775 bits per heavy atom. The second-order valence-corrected chi connectivity index (χ2v) is 10.3. The third kappa shape index (κ3) is 3.45. The summed E-state index contributed by atoms with van der Waals surface area (Å²) in [5.74, 6) is -3.60. The number of ketones is 1. The molecule has 4 aromatic rings. The first-order valence-electron chi connectivity index (χ1n) is 12.9. The number of carbonyl (C=O) groups is 3. The fraction of sp³-hybridized carbons (Fsp3) is 0.156. The Kier molecular flexibility index (Phi) is 5.26. The molecule has 5 nitrogen and oxygen atoms in total. The number of anilines is 2. The molecule has 4 unspecified atom stereocenters. The number of halogens is 3. The maximum Gasteiger partial charge on any atom is 0.416 e. The Hall–Kier alpha value is -4.72. The number of hydrogen-bond donors (Lipinski definition) is 0. The largest absolute Gasteiger partial charge is 0.416 e. The predicted molar refractivity (Wildman–Crippen MR) is 145 cm³/mol. The number of nitrogens with zero attached hydrogens (tertiary/aromatic N) is 2. The summed E-state index contributed by atoms with van der Waals surface area (Å²) < 4.78 is 40.4. The van der Waals surface area contributed by atoms with Crippen molar-refractivity contribution in [3.8, 4) is 0 Å². The van der Waals surface area contributed by atoms with Crippen LogP contribution >= 0.6 is 0 Å². The number of rotatable bonds is 3. The van der Waals surface area contributed by atoms with Crippen molar-refractivity contribution < 1.29 is 27.6 Å². The van der Waals surface area contributed by atoms with Crippen LogP contribution in [0.15, 0.2) is 97.1 Å². The van der Waals surface area contributed by atoms with Crippen LogP contribution in [0.4, 0.5) is 24.5 Å². The number of hydrogen-bond acceptors (Lipinski definition) is 4. The number of amides is 2. The van der Waals surface area contributed by atoms with Crippen molar-refractivity contribution in [3.63, 3.8) is 0 Å². The van der Waals surface area contributed by atoms with Gasteiger partial charge in [0.25, 0.3) is 0 Å². The molecular weight excluding hydrogens is 517 g/mol. The van der Waals surface area contributed by atoms with E-state index in [1.54, 1.807) is 30.3 Å². The van der Waals surface area contributed by atoms with Gasteiger partial charge in [-0.3, -0.25) is 14.4 Å². The Balaban J connectivity index is 1.38. The summed E-state index contributed by atoms with van der Waals surface area (Å²) in [5.41, 5.74) is 0.903. The molecule has 0 aromatic heterocycles. The molecule has 3 heterocycles. The minimum Gasteiger partial charge on any atom is -0.352 e. The van der Waals surface area contributed by atoms with E-state index in [2.05, 4.69) is 0 Å². The standard InChI is InChI=1S/C32H21F3N2O3/c33-32(34,35)20-10-6-11-21(17-20)36-30(39)26-25-16-14-23-22-12-5-4-7-18(22)13-15-24(23)37(25)28(27(26)31(36)40)29(38)19-8-2-1-3-9-19/h1-17,25-28H. The molecule has 0 spiro atoms. The van der Waals surface area contributed by atoms with E-state index in [0.29, 0.717) is 5.56 Å². The zero-order chi connectivity index (χ0) is 27.8. The van der Waals surface area contributed by atoms with Crippen molar-refractivity contribution >= 4 is 45.8 Å². The normalized spacial score (nSPS) is 23.4. The van der Waals surface area contributed by atoms with Crippen LogP contribution in [0.3, 0.4) is 0 Å². The Bertz CT molecular complexity index is 1750. The molecule has 8 heteroatoms. The number of benzene rings is 4. The summed E-state index contributed by atoms with van der Waals surface area (Å²) >= 11 is 0. The van der Waals surface area contributed by atoms with Gasteiger partial charge in [-0.15, -0.1) is 0 Å². The molecule has 7 rings (SSSR count). The first kappa shape index (κ1) is 24.3. The summed E-state index contributed by atoms with van der Waals surface area (Å²) in [5, 5.41) is 1.98. The molecule has 2 amide bonds. The maximum absolute atomic E-state index is 14.1. The minimum absolute atomic E-state index is 0.150. The van der Waals surface area contributed by atoms with Crippen LogP contribution in [0.2, 0.25) is 0 Å². The molecule has 3 aliphatic rings. The van der Waals surface area contributed by atoms with Gasteiger partial charge >= 0.3 is 6.18 Å². The van der Waals surface area contributed by atoms with Crippen LogP contribution < -0.4 is 9.80 Å². The van der Waals surface area contributed by atoms with Gasteiger partial charge in [-0.05, 0) is 35.0 Å². The molecule has 0 N–H and O–H groups in total. The summed E-state index contributed by atoms with van der Waals surface area (Å²) in [6, 6.07) is 22.8. The molecule has 0 aliphatic carbocycles. The van der Waals surface area contributed by atoms with Crippen LogP contribution in [0.25, 0.3) is 16.8 Å². The number of fused-ring (bicyclic) bond motifs is 7. The highest BCUT2D eigenvalue weighted by Gasteiger charge is 2.64. The maximum atomic E-state index is 14.1. The van der Waals surface area contributed by atoms with Crippen molar-refractivity contribution in [2.75, 3.05) is 9.80 Å². The average molecular weight is 539 g/mol. The summed E-state index contributed by atoms with van der Waals surface area (Å²) in [6.07, 6.45) is -0.889. The average Bonchev–Trinajstić information content (AvgIpc) is 3.44. The van der Waals surface area contributed by atoms with E-state index in [0.717, 1.165) is 39.1 Å². The molecule has 0 radical (unpaired) electrons. The van der Waals surface area contributed by atoms with Gasteiger partial charge in [-0.25, -0.2) is 4.90 Å². The quantitative estimate of drug-likeness (QED) is 0.233. The molecule has 3 aliphatic heterocycles. The van der Waals surface area contributed by atoms with E-state index in [9.17, 15) is 27.6 Å². The lowest BCUT2D eigenvalue weighted by Crippen LogP contribution is -2.48. The highest BCUT2D eigenvalue weighted by molar-refractivity contribution is 6.25. The van der Waals surface area contributed by atoms with E-state index < -0.39 is 47.5 Å². The molecule has 4 aromatic carbocycles. The van der Waals surface area contributed by atoms with Gasteiger partial charge in [0, 0.05) is 16.8 Å². The molecule has 2 fully saturated rings. The SMILES string of the molecule is O=C(c1ccccc1)C1C2C(=O)N(c3cccc(C(F)(F)F)c3)C(=O)C2C2C=Cc3c(ccc4ccccc34)N21. The van der Waals surface area contributed by atoms with Gasteiger partial charge < -0.3 is 4.90 Å². The predicted octanol–water partition coefficient (Wildman–Crippen LogP) is 6.13. The van der Waals surface area contributed by atoms with Gasteiger partial charge in [-0.1, -0.05) is 78.9 Å². The van der Waals surface area contributed by atoms with Gasteiger partial charge in [0.05, 0.1) is 29.1 Å². The highest BCUT2D eigenvalue weighted by Crippen LogP contribution is 2.51. The van der Waals surface area contributed by atoms with E-state index in [4.69, 9.17) is 0 Å². The van der Waals surface area contributed by atoms with Crippen molar-refractivity contribution in [3.05, 3.63) is 114 Å². The minimum atomic E-state index is -4.64. The van der Waals surface area contributed by atoms with E-state index in [-0.39, 0.29) is 11.5 Å². The Morgan fingerprint density at radius 3 is 2.27 bits per heavy atom. The van der Waals surface area contributed by atoms with Crippen molar-refractivity contribution in [2.24, 2.45) is 11.8 Å². The van der Waals surface area contributed by atoms with E-state index >= 15 is 0 Å². The van der Waals surface area contributed by atoms with Crippen LogP contribution in [0, 0.1) is 11.8 Å². The first-order valence-corrected chi connectivity index (χ1v) is 12.9. The molecule has 0 saturated carbocycles. The number of carbonyl (C=O) groups excluding carboxylic acids is 3. The third-order valence-electron chi connectivity index (χ3n) is 8.17. The molecule has 4 atom stereocenters. The van der Waals surface area contributed by atoms with Crippen molar-refractivity contribution in [1.29, 1.82) is 0 Å². The van der Waals surface area contributed by atoms with Crippen molar-refractivity contribution in [2.45, 2.75) is 18.3 Å². The lowest BCUT2D eigenvalue weighted by Gasteiger charge is -2.37. The monoisotopic (exact) mass is 538 g/mol. The van der Waals surface area contributed by atoms with E-state index in [1.165, 1.54) is 12.1 Å². The highest BCUT2D eigenvalue weighted by atomic mass is 19.4. The van der Waals surface area contributed by atoms with Crippen LogP contribution in [-0.4, -0.2) is 29.7 Å². The smallest absolute Gasteiger partial charge is 0.352 e. The molecule has 40 heavy (non-hydrogen) atoms. The third-order valence-corrected chi connectivity index (χ3v) is 8.17. The van der Waals surface area contributed by atoms with Crippen molar-refractivity contribution in [1.82, 2.24) is 0 Å². The lowest BCUT2D eigenvalue weighted by molar-refractivity contribution is -0.137. The van der Waals surface area contributed by atoms with Crippen LogP contribution in [-0.2, 0) is 15.8 Å². The molecular formula is C32H21F3N2O3. The van der Waals surface area contributed by atoms with Crippen LogP contribution in [0.1, 0.15) is 21.5 Å². The lowest BCUT2D eigenvalue weighted by atomic mass is 9.86. The second-order valence-electron chi connectivity index (χ2n) is 10.3. The summed E-state index contributed by atoms with van der Waals surface area (Å²) in [6.45, 7) is 0. The topological polar surface area (TPSA) is 57.7 Å². The Morgan fingerprint density at radius 2 is 1.50 bits per heavy atom. The first-order chi connectivity index (χ1) is 19.3. The van der Waals surface area contributed by atoms with Gasteiger partial charge in [-0.2, -0.15) is 13.2 Å². The molecule has 0 bridgehead atoms. The summed E-state index contributed by atoms with van der Waals surface area (Å²) in [4.78, 5) is 44.7. The summed E-state index contributed by atoms with van der Waals surface area (Å²) in [7, 11) is 0. The van der Waals surface area contributed by atoms with Crippen LogP contribution in [0.5, 0.6) is 0 Å². The van der Waals surface area contributed by atoms with Gasteiger partial charge in [0.15, 0.2) is 5.78 Å². The fourth-order valence-electron chi connectivity index (χ4n) is 6.48. The fourth-order valence-corrected chi connectivity index (χ4v) is 6.48. The molecule has 2 saturated heterocycles. The van der Waals surface area contributed by atoms with Gasteiger partial charge in [0.1, 0.15) is 6.04 Å².